The Morgan fingerprint density at radius 3 is 2.42 bits per heavy atom. The molecule has 2 aromatic carbocycles. The molecule has 0 spiro atoms. The minimum atomic E-state index is 0.218. The fraction of sp³-hybridized carbons (Fsp3) is 0.308. The SMILES string of the molecule is NONCCC#Cc1ccc(CN2CCN([C@H](c3ccccc3)c3ccc(Cl)cc3)CC2)o1. The highest BCUT2D eigenvalue weighted by Crippen LogP contribution is 2.30. The van der Waals surface area contributed by atoms with Crippen molar-refractivity contribution in [2.75, 3.05) is 32.7 Å². The molecule has 1 aromatic heterocycles. The smallest absolute Gasteiger partial charge is 0.177 e. The number of halogens is 1. The number of nitrogens with two attached hydrogens (primary N) is 1. The van der Waals surface area contributed by atoms with Gasteiger partial charge in [0.15, 0.2) is 5.76 Å². The summed E-state index contributed by atoms with van der Waals surface area (Å²) in [4.78, 5) is 9.28. The maximum Gasteiger partial charge on any atom is 0.177 e. The van der Waals surface area contributed by atoms with Crippen molar-refractivity contribution in [1.82, 2.24) is 15.3 Å². The van der Waals surface area contributed by atoms with E-state index in [0.717, 1.165) is 43.5 Å². The van der Waals surface area contributed by atoms with Crippen LogP contribution in [0.15, 0.2) is 71.1 Å². The maximum atomic E-state index is 6.14. The first-order valence-corrected chi connectivity index (χ1v) is 11.5. The summed E-state index contributed by atoms with van der Waals surface area (Å²) in [7, 11) is 0. The van der Waals surface area contributed by atoms with E-state index in [1.165, 1.54) is 11.1 Å². The fourth-order valence-corrected chi connectivity index (χ4v) is 4.27. The Hall–Kier alpha value is -2.63. The summed E-state index contributed by atoms with van der Waals surface area (Å²) < 4.78 is 5.90. The second kappa shape index (κ2) is 12.0. The number of piperazine rings is 1. The van der Waals surface area contributed by atoms with Gasteiger partial charge in [-0.3, -0.25) is 9.80 Å². The zero-order chi connectivity index (χ0) is 22.9. The van der Waals surface area contributed by atoms with Gasteiger partial charge in [-0.1, -0.05) is 60.0 Å². The van der Waals surface area contributed by atoms with Gasteiger partial charge >= 0.3 is 0 Å². The van der Waals surface area contributed by atoms with E-state index in [4.69, 9.17) is 21.9 Å². The third-order valence-electron chi connectivity index (χ3n) is 5.76. The molecule has 0 radical (unpaired) electrons. The summed E-state index contributed by atoms with van der Waals surface area (Å²) in [6, 6.07) is 23.1. The second-order valence-electron chi connectivity index (χ2n) is 8.01. The maximum absolute atomic E-state index is 6.14. The number of hydroxylamine groups is 1. The zero-order valence-electron chi connectivity index (χ0n) is 18.5. The first-order valence-electron chi connectivity index (χ1n) is 11.2. The lowest BCUT2D eigenvalue weighted by atomic mass is 9.96. The first kappa shape index (κ1) is 23.5. The van der Waals surface area contributed by atoms with Crippen molar-refractivity contribution in [3.63, 3.8) is 0 Å². The number of nitrogens with zero attached hydrogens (tertiary/aromatic N) is 2. The van der Waals surface area contributed by atoms with E-state index < -0.39 is 0 Å². The minimum absolute atomic E-state index is 0.218. The Labute approximate surface area is 200 Å². The summed E-state index contributed by atoms with van der Waals surface area (Å²) in [5, 5.41) is 0.763. The van der Waals surface area contributed by atoms with Crippen LogP contribution in [0.3, 0.4) is 0 Å². The van der Waals surface area contributed by atoms with Crippen molar-refractivity contribution in [1.29, 1.82) is 0 Å². The molecule has 3 aromatic rings. The normalized spacial score (nSPS) is 15.7. The zero-order valence-corrected chi connectivity index (χ0v) is 19.3. The van der Waals surface area contributed by atoms with Gasteiger partial charge in [0, 0.05) is 44.2 Å². The molecule has 1 fully saturated rings. The van der Waals surface area contributed by atoms with Crippen molar-refractivity contribution >= 4 is 11.6 Å². The molecule has 1 saturated heterocycles. The van der Waals surface area contributed by atoms with Crippen molar-refractivity contribution < 1.29 is 9.36 Å². The van der Waals surface area contributed by atoms with Crippen molar-refractivity contribution in [2.45, 2.75) is 19.0 Å². The quantitative estimate of drug-likeness (QED) is 0.298. The second-order valence-corrected chi connectivity index (χ2v) is 8.44. The lowest BCUT2D eigenvalue weighted by molar-refractivity contribution is 0.0425. The van der Waals surface area contributed by atoms with Gasteiger partial charge in [0.2, 0.25) is 0 Å². The van der Waals surface area contributed by atoms with Crippen LogP contribution >= 0.6 is 11.6 Å². The monoisotopic (exact) mass is 464 g/mol. The van der Waals surface area contributed by atoms with Crippen LogP contribution in [0.4, 0.5) is 0 Å². The summed E-state index contributed by atoms with van der Waals surface area (Å²) in [5.41, 5.74) is 5.12. The predicted molar refractivity (Wildman–Crippen MR) is 130 cm³/mol. The highest BCUT2D eigenvalue weighted by molar-refractivity contribution is 6.30. The standard InChI is InChI=1S/C26H29ClN4O2/c27-23-11-9-22(10-12-23)26(21-6-2-1-3-7-21)31-18-16-30(17-19-31)20-25-14-13-24(32-25)8-4-5-15-29-33-28/h1-3,6-7,9-14,26,29H,5,15-20,28H2/t26-/m1/s1. The van der Waals surface area contributed by atoms with E-state index in [0.29, 0.717) is 18.7 Å². The number of hydrogen-bond donors (Lipinski definition) is 2. The Morgan fingerprint density at radius 1 is 0.970 bits per heavy atom. The summed E-state index contributed by atoms with van der Waals surface area (Å²) in [6.07, 6.45) is 0.630. The Morgan fingerprint density at radius 2 is 1.70 bits per heavy atom. The molecule has 33 heavy (non-hydrogen) atoms. The van der Waals surface area contributed by atoms with E-state index in [1.54, 1.807) is 0 Å². The lowest BCUT2D eigenvalue weighted by Crippen LogP contribution is -2.47. The van der Waals surface area contributed by atoms with Crippen LogP contribution in [0.1, 0.15) is 35.1 Å². The largest absolute Gasteiger partial charge is 0.451 e. The van der Waals surface area contributed by atoms with Crippen molar-refractivity contribution in [2.24, 2.45) is 5.90 Å². The average Bonchev–Trinajstić information content (AvgIpc) is 3.29. The Balaban J connectivity index is 1.36. The molecule has 6 nitrogen and oxygen atoms in total. The number of rotatable bonds is 8. The molecule has 1 aliphatic heterocycles. The molecule has 0 saturated carbocycles. The lowest BCUT2D eigenvalue weighted by Gasteiger charge is -2.39. The van der Waals surface area contributed by atoms with E-state index in [2.05, 4.69) is 74.5 Å². The van der Waals surface area contributed by atoms with Gasteiger partial charge in [-0.2, -0.15) is 11.4 Å². The highest BCUT2D eigenvalue weighted by Gasteiger charge is 2.26. The molecule has 1 aliphatic rings. The molecule has 0 aliphatic carbocycles. The number of hydrogen-bond acceptors (Lipinski definition) is 6. The molecule has 172 valence electrons. The topological polar surface area (TPSA) is 66.9 Å². The van der Waals surface area contributed by atoms with Crippen molar-refractivity contribution in [3.05, 3.63) is 94.4 Å². The van der Waals surface area contributed by atoms with Crippen LogP contribution in [-0.4, -0.2) is 42.5 Å². The molecular formula is C26H29ClN4O2. The van der Waals surface area contributed by atoms with E-state index in [-0.39, 0.29) is 6.04 Å². The van der Waals surface area contributed by atoms with E-state index in [1.807, 2.05) is 24.3 Å². The third kappa shape index (κ3) is 6.68. The van der Waals surface area contributed by atoms with Crippen LogP contribution in [0.2, 0.25) is 5.02 Å². The predicted octanol–water partition coefficient (Wildman–Crippen LogP) is 3.98. The number of nitrogens with one attached hydrogen (secondary N) is 1. The van der Waals surface area contributed by atoms with Crippen LogP contribution in [0, 0.1) is 11.8 Å². The molecule has 2 heterocycles. The third-order valence-corrected chi connectivity index (χ3v) is 6.01. The van der Waals surface area contributed by atoms with Gasteiger partial charge in [-0.25, -0.2) is 4.94 Å². The number of furan rings is 1. The Bertz CT molecular complexity index is 1050. The molecule has 7 heteroatoms. The van der Waals surface area contributed by atoms with Crippen LogP contribution in [0.25, 0.3) is 0 Å². The van der Waals surface area contributed by atoms with Crippen LogP contribution < -0.4 is 11.4 Å². The molecule has 4 rings (SSSR count). The fourth-order valence-electron chi connectivity index (χ4n) is 4.15. The van der Waals surface area contributed by atoms with Crippen LogP contribution in [0.5, 0.6) is 0 Å². The van der Waals surface area contributed by atoms with Crippen molar-refractivity contribution in [3.8, 4) is 11.8 Å². The van der Waals surface area contributed by atoms with Gasteiger partial charge in [0.25, 0.3) is 0 Å². The van der Waals surface area contributed by atoms with E-state index >= 15 is 0 Å². The van der Waals surface area contributed by atoms with Gasteiger partial charge < -0.3 is 4.42 Å². The van der Waals surface area contributed by atoms with Gasteiger partial charge in [-0.15, -0.1) is 0 Å². The Kier molecular flexibility index (Phi) is 8.56. The van der Waals surface area contributed by atoms with Gasteiger partial charge in [-0.05, 0) is 41.3 Å². The molecule has 0 amide bonds. The van der Waals surface area contributed by atoms with E-state index in [9.17, 15) is 0 Å². The first-order chi connectivity index (χ1) is 16.2. The number of benzene rings is 2. The van der Waals surface area contributed by atoms with Crippen LogP contribution in [-0.2, 0) is 11.5 Å². The summed E-state index contributed by atoms with van der Waals surface area (Å²) in [6.45, 7) is 5.26. The highest BCUT2D eigenvalue weighted by atomic mass is 35.5. The van der Waals surface area contributed by atoms with Gasteiger partial charge in [0.05, 0.1) is 12.6 Å². The average molecular weight is 465 g/mol. The molecule has 1 atom stereocenters. The molecule has 0 unspecified atom stereocenters. The minimum Gasteiger partial charge on any atom is -0.451 e. The van der Waals surface area contributed by atoms with Gasteiger partial charge in [0.1, 0.15) is 5.76 Å². The molecule has 0 bridgehead atoms. The summed E-state index contributed by atoms with van der Waals surface area (Å²) >= 11 is 6.14. The molecular weight excluding hydrogens is 436 g/mol. The molecule has 3 N–H and O–H groups in total. The summed E-state index contributed by atoms with van der Waals surface area (Å²) in [5.74, 6) is 12.6.